The molecule has 0 aliphatic carbocycles. The molecule has 5 rings (SSSR count). The van der Waals surface area contributed by atoms with E-state index in [1.807, 2.05) is 6.92 Å². The highest BCUT2D eigenvalue weighted by atomic mass is 16.2. The summed E-state index contributed by atoms with van der Waals surface area (Å²) in [5.41, 5.74) is 32.3. The zero-order valence-corrected chi connectivity index (χ0v) is 45.6. The van der Waals surface area contributed by atoms with Crippen LogP contribution >= 0.6 is 0 Å². The second-order valence-electron chi connectivity index (χ2n) is 17.1. The van der Waals surface area contributed by atoms with E-state index in [1.165, 1.54) is 32.9 Å². The zero-order chi connectivity index (χ0) is 58.9. The van der Waals surface area contributed by atoms with Gasteiger partial charge in [-0.15, -0.1) is 10.2 Å². The molecule has 0 aliphatic heterocycles. The highest BCUT2D eigenvalue weighted by Gasteiger charge is 2.13. The van der Waals surface area contributed by atoms with E-state index in [2.05, 4.69) is 53.9 Å². The predicted octanol–water partition coefficient (Wildman–Crippen LogP) is 4.48. The second-order valence-corrected chi connectivity index (χ2v) is 17.1. The van der Waals surface area contributed by atoms with Crippen LogP contribution in [0.15, 0.2) is 142 Å². The number of carbonyl (C=O) groups is 8. The summed E-state index contributed by atoms with van der Waals surface area (Å²) < 4.78 is 0. The normalized spacial score (nSPS) is 10.4. The van der Waals surface area contributed by atoms with Crippen LogP contribution in [0, 0.1) is 0 Å². The number of nitrogens with one attached hydrogen (secondary N) is 5. The topological polar surface area (TPSA) is 376 Å². The Hall–Kier alpha value is -9.70. The molecule has 0 aliphatic rings. The average Bonchev–Trinajstić information content (AvgIpc) is 3.45. The number of ketones is 3. The minimum atomic E-state index is -0.319. The Balaban J connectivity index is 0.000000416. The Morgan fingerprint density at radius 2 is 0.557 bits per heavy atom. The van der Waals surface area contributed by atoms with E-state index < -0.39 is 0 Å². The standard InChI is InChI=1S/C22H28N10O2.C20H20N2O4.C12H15NO2.C3H9N/c1-13(29-31-21(23)24)15-5-3-7-17(11-15)19(33)27-9-10-28-20(34)18-8-4-6-16(12-18)14(2)30-32-22(25)26;1-13(23)15-5-3-7-17(11-15)19(25)21-9-10-22-20(26)18-8-4-6-16(12-18)14(2)24;1-3-7-13-12(15)11-6-4-5-10(8-11)9(2)14;1-2-3-4/h3-8,11-12H,9-10H2,1-2H3,(H,27,33)(H,28,34)(H4,23,24,31)(H4,25,26,32);3-8,11-12H,9-10H2,1-2H3,(H,21,25)(H,22,26);4-6,8H,3,7H2,1-2H3,(H,13,15);2-4H2,1H3/b29-13+,30-14+;;;. The van der Waals surface area contributed by atoms with Gasteiger partial charge in [0.05, 0.1) is 11.4 Å². The fraction of sp³-hybridized carbons (Fsp3) is 0.263. The molecule has 79 heavy (non-hydrogen) atoms. The zero-order valence-electron chi connectivity index (χ0n) is 45.6. The van der Waals surface area contributed by atoms with Gasteiger partial charge in [-0.05, 0) is 126 Å². The smallest absolute Gasteiger partial charge is 0.251 e. The molecule has 0 aromatic heterocycles. The lowest BCUT2D eigenvalue weighted by Gasteiger charge is -2.09. The van der Waals surface area contributed by atoms with Gasteiger partial charge >= 0.3 is 0 Å². The lowest BCUT2D eigenvalue weighted by atomic mass is 10.1. The fourth-order valence-corrected chi connectivity index (χ4v) is 6.24. The molecule has 0 saturated heterocycles. The first-order valence-electron chi connectivity index (χ1n) is 25.0. The summed E-state index contributed by atoms with van der Waals surface area (Å²) in [5, 5.41) is 28.7. The summed E-state index contributed by atoms with van der Waals surface area (Å²) in [6.45, 7) is 14.3. The number of carbonyl (C=O) groups excluding carboxylic acids is 8. The van der Waals surface area contributed by atoms with Gasteiger partial charge < -0.3 is 55.3 Å². The van der Waals surface area contributed by atoms with Gasteiger partial charge in [-0.25, -0.2) is 0 Å². The van der Waals surface area contributed by atoms with Crippen molar-refractivity contribution >= 4 is 70.2 Å². The van der Waals surface area contributed by atoms with Gasteiger partial charge in [-0.2, -0.15) is 10.2 Å². The maximum absolute atomic E-state index is 12.5. The first kappa shape index (κ1) is 65.4. The molecular formula is C57H72N14O8. The molecule has 0 atom stereocenters. The summed E-state index contributed by atoms with van der Waals surface area (Å²) in [4.78, 5) is 94.4. The van der Waals surface area contributed by atoms with Crippen molar-refractivity contribution in [2.75, 3.05) is 39.3 Å². The van der Waals surface area contributed by atoms with E-state index in [1.54, 1.807) is 123 Å². The molecule has 0 spiro atoms. The Bertz CT molecular complexity index is 2870. The summed E-state index contributed by atoms with van der Waals surface area (Å²) >= 11 is 0. The van der Waals surface area contributed by atoms with Crippen LogP contribution in [0.2, 0.25) is 0 Å². The Kier molecular flexibility index (Phi) is 29.4. The van der Waals surface area contributed by atoms with Crippen molar-refractivity contribution in [2.24, 2.45) is 49.1 Å². The van der Waals surface area contributed by atoms with Crippen LogP contribution in [0.1, 0.15) is 155 Å². The largest absolute Gasteiger partial charge is 0.369 e. The third-order valence-corrected chi connectivity index (χ3v) is 10.5. The molecule has 15 N–H and O–H groups in total. The van der Waals surface area contributed by atoms with Crippen LogP contribution < -0.4 is 55.3 Å². The van der Waals surface area contributed by atoms with Gasteiger partial charge in [0.25, 0.3) is 29.5 Å². The number of rotatable bonds is 21. The van der Waals surface area contributed by atoms with E-state index >= 15 is 0 Å². The van der Waals surface area contributed by atoms with E-state index in [0.29, 0.717) is 73.6 Å². The molecule has 5 aromatic carbocycles. The first-order chi connectivity index (χ1) is 37.6. The van der Waals surface area contributed by atoms with Gasteiger partial charge in [0.2, 0.25) is 11.9 Å². The molecular weight excluding hydrogens is 1010 g/mol. The number of benzene rings is 5. The van der Waals surface area contributed by atoms with E-state index in [4.69, 9.17) is 28.7 Å². The number of hydrogen-bond donors (Lipinski definition) is 10. The molecule has 0 unspecified atom stereocenters. The number of nitrogens with zero attached hydrogens (tertiary/aromatic N) is 4. The molecule has 5 aromatic rings. The van der Waals surface area contributed by atoms with Gasteiger partial charge in [-0.1, -0.05) is 74.5 Å². The van der Waals surface area contributed by atoms with Crippen molar-refractivity contribution in [3.05, 3.63) is 177 Å². The quantitative estimate of drug-likeness (QED) is 0.0160. The number of guanidine groups is 2. The minimum Gasteiger partial charge on any atom is -0.369 e. The number of hydrogen-bond acceptors (Lipinski definition) is 13. The first-order valence-corrected chi connectivity index (χ1v) is 25.0. The van der Waals surface area contributed by atoms with Crippen molar-refractivity contribution in [1.82, 2.24) is 26.6 Å². The number of Topliss-reactive ketones (excluding diaryl/α,β-unsaturated/α-hetero) is 3. The molecule has 22 nitrogen and oxygen atoms in total. The Labute approximate surface area is 460 Å². The van der Waals surface area contributed by atoms with E-state index in [0.717, 1.165) is 19.4 Å². The van der Waals surface area contributed by atoms with Crippen molar-refractivity contribution in [1.29, 1.82) is 0 Å². The molecule has 0 fully saturated rings. The van der Waals surface area contributed by atoms with Crippen molar-refractivity contribution in [3.8, 4) is 0 Å². The van der Waals surface area contributed by atoms with Crippen LogP contribution in [0.5, 0.6) is 0 Å². The van der Waals surface area contributed by atoms with Crippen molar-refractivity contribution in [3.63, 3.8) is 0 Å². The number of amides is 5. The highest BCUT2D eigenvalue weighted by Crippen LogP contribution is 2.11. The van der Waals surface area contributed by atoms with Crippen LogP contribution in [0.3, 0.4) is 0 Å². The predicted molar refractivity (Wildman–Crippen MR) is 310 cm³/mol. The molecule has 22 heteroatoms. The van der Waals surface area contributed by atoms with Crippen molar-refractivity contribution < 1.29 is 38.4 Å². The van der Waals surface area contributed by atoms with Crippen LogP contribution in [0.4, 0.5) is 0 Å². The van der Waals surface area contributed by atoms with Crippen LogP contribution in [0.25, 0.3) is 0 Å². The van der Waals surface area contributed by atoms with Crippen LogP contribution in [-0.4, -0.2) is 109 Å². The maximum Gasteiger partial charge on any atom is 0.251 e. The molecule has 0 radical (unpaired) electrons. The Morgan fingerprint density at radius 1 is 0.342 bits per heavy atom. The summed E-state index contributed by atoms with van der Waals surface area (Å²) in [7, 11) is 0. The fourth-order valence-electron chi connectivity index (χ4n) is 6.24. The summed E-state index contributed by atoms with van der Waals surface area (Å²) in [5.74, 6) is -1.91. The molecule has 418 valence electrons. The third kappa shape index (κ3) is 25.1. The van der Waals surface area contributed by atoms with Crippen LogP contribution in [-0.2, 0) is 0 Å². The molecule has 0 heterocycles. The molecule has 5 amide bonds. The summed E-state index contributed by atoms with van der Waals surface area (Å²) in [6.07, 6.45) is 2.00. The Morgan fingerprint density at radius 3 is 0.772 bits per heavy atom. The monoisotopic (exact) mass is 1080 g/mol. The van der Waals surface area contributed by atoms with Gasteiger partial charge in [0, 0.05) is 77.2 Å². The number of nitrogens with two attached hydrogens (primary N) is 5. The average molecular weight is 1080 g/mol. The van der Waals surface area contributed by atoms with Gasteiger partial charge in [-0.3, -0.25) is 38.4 Å². The highest BCUT2D eigenvalue weighted by molar-refractivity contribution is 6.04. The lowest BCUT2D eigenvalue weighted by molar-refractivity contribution is 0.0927. The van der Waals surface area contributed by atoms with E-state index in [-0.39, 0.29) is 85.0 Å². The molecule has 0 saturated carbocycles. The van der Waals surface area contributed by atoms with Gasteiger partial charge in [0.15, 0.2) is 17.3 Å². The van der Waals surface area contributed by atoms with Gasteiger partial charge in [0.1, 0.15) is 0 Å². The summed E-state index contributed by atoms with van der Waals surface area (Å²) in [6, 6.07) is 33.4. The maximum atomic E-state index is 12.5. The SMILES string of the molecule is C/C(=N\N=C(N)N)c1cccc(C(=O)NCCNC(=O)c2cccc(/C(C)=N/N=C(N)N)c2)c1.CC(=O)c1cccc(C(=O)NCCNC(=O)c2cccc(C(C)=O)c2)c1.CCCN.CCCNC(=O)c1cccc(C(C)=O)c1. The third-order valence-electron chi connectivity index (χ3n) is 10.5. The second kappa shape index (κ2) is 35.5. The van der Waals surface area contributed by atoms with Crippen molar-refractivity contribution in [2.45, 2.75) is 61.3 Å². The minimum absolute atomic E-state index is 0.0276. The van der Waals surface area contributed by atoms with E-state index in [9.17, 15) is 38.4 Å². The molecule has 0 bridgehead atoms. The lowest BCUT2D eigenvalue weighted by Crippen LogP contribution is -2.34.